The summed E-state index contributed by atoms with van der Waals surface area (Å²) in [5, 5.41) is 13.9. The molecule has 0 bridgehead atoms. The van der Waals surface area contributed by atoms with Crippen LogP contribution < -0.4 is 5.69 Å². The Balaban J connectivity index is 1.86. The van der Waals surface area contributed by atoms with E-state index in [1.165, 1.54) is 43.3 Å². The molecule has 2 heterocycles. The molecule has 2 atom stereocenters. The third kappa shape index (κ3) is 6.29. The van der Waals surface area contributed by atoms with Crippen molar-refractivity contribution in [2.24, 2.45) is 0 Å². The number of aliphatic hydroxyl groups excluding tert-OH is 1. The van der Waals surface area contributed by atoms with Gasteiger partial charge in [-0.1, -0.05) is 41.4 Å². The van der Waals surface area contributed by atoms with Gasteiger partial charge in [0.05, 0.1) is 18.8 Å². The van der Waals surface area contributed by atoms with Crippen molar-refractivity contribution in [3.8, 4) is 16.9 Å². The van der Waals surface area contributed by atoms with Crippen molar-refractivity contribution in [3.05, 3.63) is 86.4 Å². The lowest BCUT2D eigenvalue weighted by Gasteiger charge is -2.16. The summed E-state index contributed by atoms with van der Waals surface area (Å²) >= 11 is 12.4. The van der Waals surface area contributed by atoms with Crippen molar-refractivity contribution in [3.63, 3.8) is 0 Å². The zero-order valence-corrected chi connectivity index (χ0v) is 22.7. The Labute approximate surface area is 238 Å². The lowest BCUT2D eigenvalue weighted by molar-refractivity contribution is -0.207. The highest BCUT2D eigenvalue weighted by molar-refractivity contribution is 6.32. The summed E-state index contributed by atoms with van der Waals surface area (Å²) in [5.74, 6) is -3.54. The van der Waals surface area contributed by atoms with Crippen molar-refractivity contribution < 1.29 is 36.6 Å². The molecule has 0 aliphatic carbocycles. The summed E-state index contributed by atoms with van der Waals surface area (Å²) in [7, 11) is 0. The molecule has 0 unspecified atom stereocenters. The van der Waals surface area contributed by atoms with E-state index in [4.69, 9.17) is 27.9 Å². The minimum Gasteiger partial charge on any atom is -0.455 e. The molecule has 0 radical (unpaired) electrons. The number of halogens is 7. The first-order valence-corrected chi connectivity index (χ1v) is 12.5. The fourth-order valence-electron chi connectivity index (χ4n) is 4.01. The number of imidazole rings is 1. The van der Waals surface area contributed by atoms with Crippen molar-refractivity contribution in [1.82, 2.24) is 23.9 Å². The van der Waals surface area contributed by atoms with E-state index in [0.29, 0.717) is 9.59 Å². The molecule has 0 aliphatic heterocycles. The van der Waals surface area contributed by atoms with Crippen LogP contribution in [0.3, 0.4) is 0 Å². The van der Waals surface area contributed by atoms with Crippen LogP contribution in [0.25, 0.3) is 16.9 Å². The lowest BCUT2D eigenvalue weighted by Crippen LogP contribution is -2.37. The second-order valence-electron chi connectivity index (χ2n) is 8.81. The summed E-state index contributed by atoms with van der Waals surface area (Å²) in [5.41, 5.74) is -1.37. The van der Waals surface area contributed by atoms with Gasteiger partial charge in [0.25, 0.3) is 0 Å². The molecule has 0 saturated heterocycles. The van der Waals surface area contributed by atoms with Gasteiger partial charge in [-0.3, -0.25) is 13.9 Å². The summed E-state index contributed by atoms with van der Waals surface area (Å²) < 4.78 is 75.8. The summed E-state index contributed by atoms with van der Waals surface area (Å²) in [6.45, 7) is 0.793. The first kappa shape index (κ1) is 30.2. The van der Waals surface area contributed by atoms with Crippen LogP contribution in [-0.4, -0.2) is 47.3 Å². The average Bonchev–Trinajstić information content (AvgIpc) is 3.40. The molecule has 2 aromatic carbocycles. The van der Waals surface area contributed by atoms with Crippen molar-refractivity contribution in [2.75, 3.05) is 0 Å². The molecule has 16 heteroatoms. The maximum absolute atomic E-state index is 14.7. The Hall–Kier alpha value is -3.75. The quantitative estimate of drug-likeness (QED) is 0.218. The van der Waals surface area contributed by atoms with Crippen LogP contribution >= 0.6 is 23.2 Å². The van der Waals surface area contributed by atoms with Gasteiger partial charge in [0, 0.05) is 17.5 Å². The van der Waals surface area contributed by atoms with Gasteiger partial charge in [0.15, 0.2) is 35.5 Å². The smallest absolute Gasteiger partial charge is 0.416 e. The Morgan fingerprint density at radius 3 is 2.37 bits per heavy atom. The number of aliphatic hydroxyl groups is 1. The number of nitrogens with zero attached hydrogens (tertiary/aromatic N) is 5. The van der Waals surface area contributed by atoms with Gasteiger partial charge in [0.1, 0.15) is 10.8 Å². The van der Waals surface area contributed by atoms with E-state index in [1.807, 2.05) is 0 Å². The van der Waals surface area contributed by atoms with E-state index in [-0.39, 0.29) is 33.7 Å². The van der Waals surface area contributed by atoms with E-state index in [1.54, 1.807) is 0 Å². The van der Waals surface area contributed by atoms with E-state index in [2.05, 4.69) is 10.1 Å². The molecule has 0 amide bonds. The minimum atomic E-state index is -5.04. The normalized spacial score (nSPS) is 13.3. The van der Waals surface area contributed by atoms with Gasteiger partial charge in [0.2, 0.25) is 0 Å². The molecule has 0 aliphatic rings. The average molecular weight is 620 g/mol. The second-order valence-corrected chi connectivity index (χ2v) is 9.60. The number of carbonyl (C=O) groups is 1. The predicted octanol–water partition coefficient (Wildman–Crippen LogP) is 5.08. The van der Waals surface area contributed by atoms with Crippen LogP contribution in [-0.2, 0) is 22.6 Å². The number of benzene rings is 2. The second kappa shape index (κ2) is 11.6. The van der Waals surface area contributed by atoms with Gasteiger partial charge >= 0.3 is 17.8 Å². The summed E-state index contributed by atoms with van der Waals surface area (Å²) in [6.07, 6.45) is -9.05. The number of hydrogen-bond donors (Lipinski definition) is 1. The Morgan fingerprint density at radius 2 is 1.76 bits per heavy atom. The van der Waals surface area contributed by atoms with Crippen LogP contribution in [0.4, 0.5) is 22.0 Å². The molecule has 0 saturated carbocycles. The van der Waals surface area contributed by atoms with E-state index in [9.17, 15) is 36.6 Å². The van der Waals surface area contributed by atoms with Crippen LogP contribution in [0.2, 0.25) is 10.2 Å². The number of hydrogen-bond acceptors (Lipinski definition) is 6. The van der Waals surface area contributed by atoms with Gasteiger partial charge in [-0.25, -0.2) is 23.2 Å². The molecule has 2 aromatic heterocycles. The Morgan fingerprint density at radius 1 is 1.10 bits per heavy atom. The minimum absolute atomic E-state index is 0.145. The predicted molar refractivity (Wildman–Crippen MR) is 137 cm³/mol. The van der Waals surface area contributed by atoms with Crippen LogP contribution in [0.1, 0.15) is 31.6 Å². The molecular formula is C25H20Cl2F5N5O4. The molecule has 4 rings (SSSR count). The molecule has 1 N–H and O–H groups in total. The van der Waals surface area contributed by atoms with Gasteiger partial charge in [-0.15, -0.1) is 5.10 Å². The fourth-order valence-corrected chi connectivity index (χ4v) is 4.47. The summed E-state index contributed by atoms with van der Waals surface area (Å²) in [6, 6.07) is 8.97. The largest absolute Gasteiger partial charge is 0.455 e. The fraction of sp³-hybridized carbons (Fsp3) is 0.280. The summed E-state index contributed by atoms with van der Waals surface area (Å²) in [4.78, 5) is 29.1. The van der Waals surface area contributed by atoms with Crippen molar-refractivity contribution in [2.45, 2.75) is 45.3 Å². The highest BCUT2D eigenvalue weighted by atomic mass is 35.5. The Bertz CT molecular complexity index is 1650. The standard InChI is InChI=1S/C25H20Cl2F5N5O4/c1-12(41-13(2)38)23-33-19(34-37(23)17-5-3-4-16(28)20(17)29)11-36-22(27)21(14-6-8-15(26)9-7-14)35(24(36)40)10-18(39)25(30,31)32/h3-9,12,18,39H,10-11H2,1-2H3/t12-,18-/m0/s1. The maximum atomic E-state index is 14.7. The number of alkyl halides is 3. The van der Waals surface area contributed by atoms with Crippen LogP contribution in [0.15, 0.2) is 47.3 Å². The highest BCUT2D eigenvalue weighted by Crippen LogP contribution is 2.31. The molecule has 218 valence electrons. The third-order valence-corrected chi connectivity index (χ3v) is 6.49. The number of ether oxygens (including phenoxy) is 1. The highest BCUT2D eigenvalue weighted by Gasteiger charge is 2.39. The van der Waals surface area contributed by atoms with E-state index in [0.717, 1.165) is 22.2 Å². The van der Waals surface area contributed by atoms with Gasteiger partial charge in [-0.05, 0) is 31.2 Å². The molecular weight excluding hydrogens is 600 g/mol. The lowest BCUT2D eigenvalue weighted by atomic mass is 10.1. The number of rotatable bonds is 8. The molecule has 41 heavy (non-hydrogen) atoms. The molecule has 0 spiro atoms. The maximum Gasteiger partial charge on any atom is 0.416 e. The number of aromatic nitrogens is 5. The zero-order chi connectivity index (χ0) is 30.2. The van der Waals surface area contributed by atoms with E-state index >= 15 is 0 Å². The van der Waals surface area contributed by atoms with E-state index < -0.39 is 54.8 Å². The third-order valence-electron chi connectivity index (χ3n) is 5.86. The van der Waals surface area contributed by atoms with Gasteiger partial charge in [-0.2, -0.15) is 13.2 Å². The monoisotopic (exact) mass is 619 g/mol. The zero-order valence-electron chi connectivity index (χ0n) is 21.2. The number of carbonyl (C=O) groups excluding carboxylic acids is 1. The first-order valence-electron chi connectivity index (χ1n) is 11.8. The topological polar surface area (TPSA) is 104 Å². The van der Waals surface area contributed by atoms with Crippen molar-refractivity contribution in [1.29, 1.82) is 0 Å². The Kier molecular flexibility index (Phi) is 8.57. The van der Waals surface area contributed by atoms with Gasteiger partial charge < -0.3 is 9.84 Å². The molecule has 4 aromatic rings. The molecule has 0 fully saturated rings. The SMILES string of the molecule is CC(=O)O[C@@H](C)c1nc(Cn2c(Cl)c(-c3ccc(Cl)cc3)n(C[C@H](O)C(F)(F)F)c2=O)nn1-c1cccc(F)c1F. The van der Waals surface area contributed by atoms with Crippen LogP contribution in [0.5, 0.6) is 0 Å². The molecule has 9 nitrogen and oxygen atoms in total. The van der Waals surface area contributed by atoms with Crippen molar-refractivity contribution >= 4 is 29.2 Å². The number of esters is 1. The van der Waals surface area contributed by atoms with Crippen LogP contribution in [0, 0.1) is 11.6 Å². The first-order chi connectivity index (χ1) is 19.2.